The minimum Gasteiger partial charge on any atom is -0.396 e. The van der Waals surface area contributed by atoms with E-state index in [4.69, 9.17) is 11.5 Å². The van der Waals surface area contributed by atoms with Gasteiger partial charge in [-0.2, -0.15) is 0 Å². The van der Waals surface area contributed by atoms with Crippen LogP contribution in [0, 0.1) is 0 Å². The van der Waals surface area contributed by atoms with Gasteiger partial charge < -0.3 is 16.8 Å². The number of anilines is 2. The first-order chi connectivity index (χ1) is 6.63. The first-order valence-electron chi connectivity index (χ1n) is 3.99. The van der Waals surface area contributed by atoms with Gasteiger partial charge in [-0.05, 0) is 12.1 Å². The van der Waals surface area contributed by atoms with E-state index in [1.165, 1.54) is 11.8 Å². The summed E-state index contributed by atoms with van der Waals surface area (Å²) in [4.78, 5) is 14.9. The molecule has 76 valence electrons. The number of pyridine rings is 1. The van der Waals surface area contributed by atoms with Crippen molar-refractivity contribution in [1.82, 2.24) is 10.3 Å². The highest BCUT2D eigenvalue weighted by atomic mass is 32.2. The van der Waals surface area contributed by atoms with Crippen LogP contribution in [0.4, 0.5) is 11.5 Å². The van der Waals surface area contributed by atoms with E-state index in [-0.39, 0.29) is 5.91 Å². The molecule has 0 aliphatic heterocycles. The van der Waals surface area contributed by atoms with Gasteiger partial charge in [0.05, 0.1) is 16.5 Å². The number of rotatable bonds is 3. The average molecular weight is 212 g/mol. The number of hydrogen-bond acceptors (Lipinski definition) is 5. The third-order valence-electron chi connectivity index (χ3n) is 1.56. The second-order valence-corrected chi connectivity index (χ2v) is 3.58. The molecule has 5 nitrogen and oxygen atoms in total. The molecule has 6 heteroatoms. The number of carbonyl (C=O) groups excluding carboxylic acids is 1. The molecule has 0 spiro atoms. The molecule has 1 aromatic rings. The van der Waals surface area contributed by atoms with Crippen molar-refractivity contribution < 1.29 is 4.79 Å². The Bertz CT molecular complexity index is 342. The molecule has 0 saturated carbocycles. The van der Waals surface area contributed by atoms with E-state index in [2.05, 4.69) is 10.3 Å². The molecular formula is C8H12N4OS. The molecule has 1 rings (SSSR count). The Balaban J connectivity index is 2.60. The third-order valence-corrected chi connectivity index (χ3v) is 2.49. The van der Waals surface area contributed by atoms with Gasteiger partial charge in [0.25, 0.3) is 0 Å². The van der Waals surface area contributed by atoms with Crippen LogP contribution in [0.2, 0.25) is 0 Å². The molecule has 0 atom stereocenters. The van der Waals surface area contributed by atoms with Gasteiger partial charge in [0.2, 0.25) is 5.91 Å². The molecule has 14 heavy (non-hydrogen) atoms. The lowest BCUT2D eigenvalue weighted by Gasteiger charge is -2.02. The van der Waals surface area contributed by atoms with E-state index < -0.39 is 0 Å². The van der Waals surface area contributed by atoms with Crippen LogP contribution in [0.25, 0.3) is 0 Å². The topological polar surface area (TPSA) is 94.0 Å². The Hall–Kier alpha value is -1.43. The van der Waals surface area contributed by atoms with Crippen molar-refractivity contribution in [3.05, 3.63) is 12.1 Å². The lowest BCUT2D eigenvalue weighted by molar-refractivity contribution is -0.118. The molecule has 0 saturated heterocycles. The van der Waals surface area contributed by atoms with E-state index in [0.29, 0.717) is 22.3 Å². The summed E-state index contributed by atoms with van der Waals surface area (Å²) in [5.74, 6) is 0.575. The molecule has 0 aliphatic carbocycles. The second-order valence-electron chi connectivity index (χ2n) is 2.59. The van der Waals surface area contributed by atoms with Crippen LogP contribution >= 0.6 is 11.8 Å². The largest absolute Gasteiger partial charge is 0.396 e. The summed E-state index contributed by atoms with van der Waals surface area (Å²) in [6, 6.07) is 3.41. The first kappa shape index (κ1) is 10.6. The second kappa shape index (κ2) is 4.71. The molecule has 1 amide bonds. The zero-order chi connectivity index (χ0) is 10.6. The molecule has 0 bridgehead atoms. The molecule has 0 radical (unpaired) electrons. The van der Waals surface area contributed by atoms with Crippen LogP contribution in [0.3, 0.4) is 0 Å². The SMILES string of the molecule is CNC(=O)CSc1ccc(N)c(N)n1. The number of nitrogen functional groups attached to an aromatic ring is 2. The first-order valence-corrected chi connectivity index (χ1v) is 4.97. The van der Waals surface area contributed by atoms with Gasteiger partial charge in [0, 0.05) is 7.05 Å². The molecular weight excluding hydrogens is 200 g/mol. The quantitative estimate of drug-likeness (QED) is 0.617. The van der Waals surface area contributed by atoms with Gasteiger partial charge in [-0.1, -0.05) is 11.8 Å². The van der Waals surface area contributed by atoms with Crippen molar-refractivity contribution in [1.29, 1.82) is 0 Å². The van der Waals surface area contributed by atoms with E-state index in [1.807, 2.05) is 0 Å². The highest BCUT2D eigenvalue weighted by Crippen LogP contribution is 2.19. The molecule has 1 aromatic heterocycles. The predicted molar refractivity (Wildman–Crippen MR) is 57.9 cm³/mol. The minimum absolute atomic E-state index is 0.0489. The predicted octanol–water partition coefficient (Wildman–Crippen LogP) is 0.0841. The van der Waals surface area contributed by atoms with Crippen molar-refractivity contribution in [3.63, 3.8) is 0 Å². The van der Waals surface area contributed by atoms with Crippen LogP contribution in [0.5, 0.6) is 0 Å². The number of hydrogen-bond donors (Lipinski definition) is 3. The van der Waals surface area contributed by atoms with Crippen LogP contribution in [0.1, 0.15) is 0 Å². The maximum Gasteiger partial charge on any atom is 0.230 e. The zero-order valence-electron chi connectivity index (χ0n) is 7.78. The number of amides is 1. The number of nitrogens with one attached hydrogen (secondary N) is 1. The lowest BCUT2D eigenvalue weighted by Crippen LogP contribution is -2.19. The van der Waals surface area contributed by atoms with E-state index >= 15 is 0 Å². The molecule has 5 N–H and O–H groups in total. The molecule has 0 unspecified atom stereocenters. The minimum atomic E-state index is -0.0489. The Morgan fingerprint density at radius 1 is 1.57 bits per heavy atom. The maximum atomic E-state index is 10.9. The Labute approximate surface area is 86.3 Å². The van der Waals surface area contributed by atoms with Gasteiger partial charge in [0.1, 0.15) is 5.82 Å². The zero-order valence-corrected chi connectivity index (χ0v) is 8.60. The van der Waals surface area contributed by atoms with E-state index in [9.17, 15) is 4.79 Å². The van der Waals surface area contributed by atoms with Gasteiger partial charge in [0.15, 0.2) is 0 Å². The van der Waals surface area contributed by atoms with Crippen LogP contribution in [0.15, 0.2) is 17.2 Å². The standard InChI is InChI=1S/C8H12N4OS/c1-11-6(13)4-14-7-3-2-5(9)8(10)12-7/h2-3H,4,9H2,1H3,(H2,10,12)(H,11,13). The number of aromatic nitrogens is 1. The number of thioether (sulfide) groups is 1. The number of nitrogens with zero attached hydrogens (tertiary/aromatic N) is 1. The molecule has 1 heterocycles. The van der Waals surface area contributed by atoms with Crippen molar-refractivity contribution >= 4 is 29.2 Å². The molecule has 0 aromatic carbocycles. The fraction of sp³-hybridized carbons (Fsp3) is 0.250. The van der Waals surface area contributed by atoms with Crippen LogP contribution in [-0.2, 0) is 4.79 Å². The molecule has 0 fully saturated rings. The Morgan fingerprint density at radius 3 is 2.86 bits per heavy atom. The van der Waals surface area contributed by atoms with Gasteiger partial charge in [-0.15, -0.1) is 0 Å². The van der Waals surface area contributed by atoms with E-state index in [1.54, 1.807) is 19.2 Å². The summed E-state index contributed by atoms with van der Waals surface area (Å²) in [7, 11) is 1.59. The normalized spacial score (nSPS) is 9.79. The van der Waals surface area contributed by atoms with Gasteiger partial charge in [-0.25, -0.2) is 4.98 Å². The van der Waals surface area contributed by atoms with Crippen molar-refractivity contribution in [3.8, 4) is 0 Å². The van der Waals surface area contributed by atoms with Crippen molar-refractivity contribution in [2.75, 3.05) is 24.3 Å². The maximum absolute atomic E-state index is 10.9. The highest BCUT2D eigenvalue weighted by Gasteiger charge is 2.03. The summed E-state index contributed by atoms with van der Waals surface area (Å²) in [6.07, 6.45) is 0. The highest BCUT2D eigenvalue weighted by molar-refractivity contribution is 7.99. The van der Waals surface area contributed by atoms with E-state index in [0.717, 1.165) is 0 Å². The van der Waals surface area contributed by atoms with Crippen LogP contribution in [-0.4, -0.2) is 23.7 Å². The Morgan fingerprint density at radius 2 is 2.29 bits per heavy atom. The summed E-state index contributed by atoms with van der Waals surface area (Å²) in [6.45, 7) is 0. The van der Waals surface area contributed by atoms with Crippen molar-refractivity contribution in [2.24, 2.45) is 0 Å². The monoisotopic (exact) mass is 212 g/mol. The average Bonchev–Trinajstić information content (AvgIpc) is 2.19. The summed E-state index contributed by atoms with van der Waals surface area (Å²) in [5.41, 5.74) is 11.5. The lowest BCUT2D eigenvalue weighted by atomic mass is 10.4. The Kier molecular flexibility index (Phi) is 3.58. The summed E-state index contributed by atoms with van der Waals surface area (Å²) in [5, 5.41) is 3.21. The molecule has 0 aliphatic rings. The fourth-order valence-electron chi connectivity index (χ4n) is 0.759. The number of carbonyl (C=O) groups is 1. The summed E-state index contributed by atoms with van der Waals surface area (Å²) >= 11 is 1.32. The van der Waals surface area contributed by atoms with Gasteiger partial charge in [-0.3, -0.25) is 4.79 Å². The van der Waals surface area contributed by atoms with Crippen molar-refractivity contribution in [2.45, 2.75) is 5.03 Å². The smallest absolute Gasteiger partial charge is 0.230 e. The summed E-state index contributed by atoms with van der Waals surface area (Å²) < 4.78 is 0. The third kappa shape index (κ3) is 2.81. The number of nitrogens with two attached hydrogens (primary N) is 2. The van der Waals surface area contributed by atoms with Crippen LogP contribution < -0.4 is 16.8 Å². The van der Waals surface area contributed by atoms with Gasteiger partial charge >= 0.3 is 0 Å². The fourth-order valence-corrected chi connectivity index (χ4v) is 1.51.